The third kappa shape index (κ3) is 3.85. The third-order valence-corrected chi connectivity index (χ3v) is 6.07. The number of nitrogens with one attached hydrogen (secondary N) is 1. The van der Waals surface area contributed by atoms with E-state index in [0.717, 1.165) is 23.4 Å². The summed E-state index contributed by atoms with van der Waals surface area (Å²) in [6.07, 6.45) is 2.76. The molecule has 2 aromatic heterocycles. The molecule has 6 nitrogen and oxygen atoms in total. The number of thiophene rings is 1. The van der Waals surface area contributed by atoms with Crippen LogP contribution in [0.3, 0.4) is 0 Å². The predicted octanol–water partition coefficient (Wildman–Crippen LogP) is 2.20. The second-order valence-electron chi connectivity index (χ2n) is 6.88. The number of hydrogen-bond acceptors (Lipinski definition) is 6. The van der Waals surface area contributed by atoms with Gasteiger partial charge >= 0.3 is 0 Å². The molecular weight excluding hydrogens is 362 g/mol. The van der Waals surface area contributed by atoms with Crippen molar-refractivity contribution in [3.8, 4) is 10.4 Å². The lowest BCUT2D eigenvalue weighted by atomic mass is 9.97. The first-order chi connectivity index (χ1) is 13.1. The summed E-state index contributed by atoms with van der Waals surface area (Å²) in [6.45, 7) is 0.783. The van der Waals surface area contributed by atoms with E-state index in [-0.39, 0.29) is 30.3 Å². The van der Waals surface area contributed by atoms with Gasteiger partial charge in [0.2, 0.25) is 0 Å². The summed E-state index contributed by atoms with van der Waals surface area (Å²) in [5.41, 5.74) is 1.49. The number of aliphatic hydroxyl groups excluding tert-OH is 1. The van der Waals surface area contributed by atoms with E-state index in [4.69, 9.17) is 0 Å². The van der Waals surface area contributed by atoms with Gasteiger partial charge in [-0.1, -0.05) is 30.3 Å². The van der Waals surface area contributed by atoms with E-state index >= 15 is 0 Å². The van der Waals surface area contributed by atoms with E-state index < -0.39 is 6.10 Å². The molecule has 2 unspecified atom stereocenters. The molecule has 1 aliphatic heterocycles. The van der Waals surface area contributed by atoms with Crippen molar-refractivity contribution in [3.05, 3.63) is 53.1 Å². The molecule has 27 heavy (non-hydrogen) atoms. The van der Waals surface area contributed by atoms with Crippen molar-refractivity contribution in [2.24, 2.45) is 0 Å². The normalized spacial score (nSPS) is 20.0. The van der Waals surface area contributed by atoms with Crippen LogP contribution in [0.5, 0.6) is 0 Å². The number of Topliss-reactive ketones (excluding diaryl/α,β-unsaturated/α-hetero) is 1. The van der Waals surface area contributed by atoms with Crippen LogP contribution in [0.25, 0.3) is 20.7 Å². The molecule has 1 saturated heterocycles. The van der Waals surface area contributed by atoms with E-state index in [2.05, 4.69) is 10.3 Å². The second-order valence-corrected chi connectivity index (χ2v) is 7.93. The van der Waals surface area contributed by atoms with Crippen LogP contribution in [0.2, 0.25) is 0 Å². The summed E-state index contributed by atoms with van der Waals surface area (Å²) in [7, 11) is 0. The molecule has 3 aromatic rings. The monoisotopic (exact) mass is 383 g/mol. The van der Waals surface area contributed by atoms with Gasteiger partial charge in [-0.15, -0.1) is 11.3 Å². The highest BCUT2D eigenvalue weighted by Crippen LogP contribution is 2.30. The van der Waals surface area contributed by atoms with E-state index in [9.17, 15) is 14.7 Å². The summed E-state index contributed by atoms with van der Waals surface area (Å²) >= 11 is 1.39. The zero-order valence-corrected chi connectivity index (χ0v) is 15.6. The number of carbonyl (C=O) groups is 1. The van der Waals surface area contributed by atoms with Gasteiger partial charge in [0, 0.05) is 17.3 Å². The molecule has 4 rings (SSSR count). The number of piperidine rings is 1. The van der Waals surface area contributed by atoms with Crippen LogP contribution >= 0.6 is 11.3 Å². The van der Waals surface area contributed by atoms with E-state index in [1.54, 1.807) is 0 Å². The standard InChI is InChI=1S/C20H21N3O3S/c24-14(9-15-17(25)7-4-8-21-15)11-23-12-22-16-10-18(27-19(16)20(23)26)13-5-2-1-3-6-13/h1-3,5-6,10,12,15,17,21,25H,4,7-9,11H2. The Bertz CT molecular complexity index is 1010. The fraction of sp³-hybridized carbons (Fsp3) is 0.350. The predicted molar refractivity (Wildman–Crippen MR) is 106 cm³/mol. The molecule has 2 N–H and O–H groups in total. The minimum Gasteiger partial charge on any atom is -0.391 e. The number of aromatic nitrogens is 2. The molecule has 1 aliphatic rings. The van der Waals surface area contributed by atoms with Gasteiger partial charge in [0.1, 0.15) is 4.70 Å². The maximum absolute atomic E-state index is 12.8. The average molecular weight is 383 g/mol. The highest BCUT2D eigenvalue weighted by Gasteiger charge is 2.25. The van der Waals surface area contributed by atoms with Crippen molar-refractivity contribution in [1.82, 2.24) is 14.9 Å². The zero-order chi connectivity index (χ0) is 18.8. The number of nitrogens with zero attached hydrogens (tertiary/aromatic N) is 2. The molecular formula is C20H21N3O3S. The van der Waals surface area contributed by atoms with E-state index in [0.29, 0.717) is 16.6 Å². The Labute approximate surface area is 160 Å². The van der Waals surface area contributed by atoms with Crippen molar-refractivity contribution in [2.75, 3.05) is 6.54 Å². The van der Waals surface area contributed by atoms with Crippen molar-refractivity contribution in [1.29, 1.82) is 0 Å². The van der Waals surface area contributed by atoms with Crippen LogP contribution in [0.1, 0.15) is 19.3 Å². The first-order valence-electron chi connectivity index (χ1n) is 9.09. The first kappa shape index (κ1) is 18.0. The Kier molecular flexibility index (Phi) is 5.15. The molecule has 1 aromatic carbocycles. The maximum Gasteiger partial charge on any atom is 0.271 e. The molecule has 7 heteroatoms. The molecule has 2 atom stereocenters. The topological polar surface area (TPSA) is 84.2 Å². The summed E-state index contributed by atoms with van der Waals surface area (Å²) < 4.78 is 1.92. The number of benzene rings is 1. The SMILES string of the molecule is O=C(CC1NCCCC1O)Cn1cnc2cc(-c3ccccc3)sc2c1=O. The van der Waals surface area contributed by atoms with Gasteiger partial charge in [0.15, 0.2) is 5.78 Å². The Hall–Kier alpha value is -2.35. The van der Waals surface area contributed by atoms with Crippen LogP contribution in [-0.4, -0.2) is 39.1 Å². The van der Waals surface area contributed by atoms with Crippen molar-refractivity contribution in [3.63, 3.8) is 0 Å². The van der Waals surface area contributed by atoms with Gasteiger partial charge in [-0.25, -0.2) is 4.98 Å². The molecule has 0 amide bonds. The van der Waals surface area contributed by atoms with Gasteiger partial charge in [-0.2, -0.15) is 0 Å². The number of rotatable bonds is 5. The molecule has 3 heterocycles. The number of carbonyl (C=O) groups excluding carboxylic acids is 1. The summed E-state index contributed by atoms with van der Waals surface area (Å²) in [4.78, 5) is 30.5. The molecule has 0 saturated carbocycles. The Balaban J connectivity index is 1.55. The quantitative estimate of drug-likeness (QED) is 0.706. The molecule has 0 bridgehead atoms. The average Bonchev–Trinajstić information content (AvgIpc) is 3.12. The van der Waals surface area contributed by atoms with Crippen LogP contribution < -0.4 is 10.9 Å². The molecule has 1 fully saturated rings. The Morgan fingerprint density at radius 1 is 1.33 bits per heavy atom. The Morgan fingerprint density at radius 2 is 2.15 bits per heavy atom. The third-order valence-electron chi connectivity index (χ3n) is 4.90. The number of hydrogen-bond donors (Lipinski definition) is 2. The second kappa shape index (κ2) is 7.72. The van der Waals surface area contributed by atoms with Crippen LogP contribution in [-0.2, 0) is 11.3 Å². The lowest BCUT2D eigenvalue weighted by molar-refractivity contribution is -0.121. The maximum atomic E-state index is 12.8. The Morgan fingerprint density at radius 3 is 2.93 bits per heavy atom. The van der Waals surface area contributed by atoms with Gasteiger partial charge in [0.05, 0.1) is 24.5 Å². The van der Waals surface area contributed by atoms with Crippen LogP contribution in [0.4, 0.5) is 0 Å². The number of ketones is 1. The molecule has 0 spiro atoms. The molecule has 0 radical (unpaired) electrons. The van der Waals surface area contributed by atoms with Crippen LogP contribution in [0, 0.1) is 0 Å². The van der Waals surface area contributed by atoms with Crippen molar-refractivity contribution in [2.45, 2.75) is 38.0 Å². The number of aliphatic hydroxyl groups is 1. The smallest absolute Gasteiger partial charge is 0.271 e. The molecule has 0 aliphatic carbocycles. The lowest BCUT2D eigenvalue weighted by Crippen LogP contribution is -2.46. The van der Waals surface area contributed by atoms with Gasteiger partial charge in [-0.05, 0) is 31.0 Å². The van der Waals surface area contributed by atoms with E-state index in [1.807, 2.05) is 36.4 Å². The highest BCUT2D eigenvalue weighted by molar-refractivity contribution is 7.22. The molecule has 140 valence electrons. The summed E-state index contributed by atoms with van der Waals surface area (Å²) in [6, 6.07) is 11.5. The highest BCUT2D eigenvalue weighted by atomic mass is 32.1. The fourth-order valence-corrected chi connectivity index (χ4v) is 4.51. The van der Waals surface area contributed by atoms with E-state index in [1.165, 1.54) is 22.2 Å². The van der Waals surface area contributed by atoms with Crippen molar-refractivity contribution < 1.29 is 9.90 Å². The summed E-state index contributed by atoms with van der Waals surface area (Å²) in [5.74, 6) is -0.0865. The fourth-order valence-electron chi connectivity index (χ4n) is 3.45. The lowest BCUT2D eigenvalue weighted by Gasteiger charge is -2.28. The summed E-state index contributed by atoms with van der Waals surface area (Å²) in [5, 5.41) is 13.2. The largest absolute Gasteiger partial charge is 0.391 e. The zero-order valence-electron chi connectivity index (χ0n) is 14.8. The minimum atomic E-state index is -0.509. The van der Waals surface area contributed by atoms with Crippen LogP contribution in [0.15, 0.2) is 47.5 Å². The van der Waals surface area contributed by atoms with Gasteiger partial charge in [-0.3, -0.25) is 14.2 Å². The van der Waals surface area contributed by atoms with Crippen molar-refractivity contribution >= 4 is 27.3 Å². The minimum absolute atomic E-state index is 0.0226. The van der Waals surface area contributed by atoms with Gasteiger partial charge < -0.3 is 10.4 Å². The first-order valence-corrected chi connectivity index (χ1v) is 9.91. The van der Waals surface area contributed by atoms with Gasteiger partial charge in [0.25, 0.3) is 5.56 Å². The number of fused-ring (bicyclic) bond motifs is 1.